The van der Waals surface area contributed by atoms with Gasteiger partial charge in [-0.3, -0.25) is 18.2 Å². The molecule has 79 heavy (non-hydrogen) atoms. The van der Waals surface area contributed by atoms with Crippen molar-refractivity contribution in [3.05, 3.63) is 179 Å². The van der Waals surface area contributed by atoms with Crippen molar-refractivity contribution < 1.29 is 56.5 Å². The molecule has 0 aromatic heterocycles. The van der Waals surface area contributed by atoms with Gasteiger partial charge in [0.25, 0.3) is 40.5 Å². The van der Waals surface area contributed by atoms with E-state index < -0.39 is 61.8 Å². The van der Waals surface area contributed by atoms with Gasteiger partial charge in [0.05, 0.1) is 31.4 Å². The molecule has 15 nitrogen and oxygen atoms in total. The minimum atomic E-state index is -4.50. The second kappa shape index (κ2) is 24.5. The Balaban J connectivity index is 0.00000336. The summed E-state index contributed by atoms with van der Waals surface area (Å²) < 4.78 is 140. The number of nitrogens with zero attached hydrogens (tertiary/aromatic N) is 3. The van der Waals surface area contributed by atoms with Crippen LogP contribution in [-0.2, 0) is 51.3 Å². The van der Waals surface area contributed by atoms with Gasteiger partial charge in [0.2, 0.25) is 5.69 Å². The Bertz CT molecular complexity index is 3960. The van der Waals surface area contributed by atoms with Crippen molar-refractivity contribution in [3.63, 3.8) is 0 Å². The molecule has 9 rings (SSSR count). The summed E-state index contributed by atoms with van der Waals surface area (Å²) in [5.41, 5.74) is 8.08. The maximum atomic E-state index is 12.3. The van der Waals surface area contributed by atoms with Crippen molar-refractivity contribution in [2.45, 2.75) is 98.3 Å². The van der Waals surface area contributed by atoms with Crippen molar-refractivity contribution in [3.8, 4) is 0 Å². The molecule has 2 heterocycles. The molecule has 4 N–H and O–H groups in total. The van der Waals surface area contributed by atoms with E-state index in [4.69, 9.17) is 0 Å². The molecule has 0 bridgehead atoms. The van der Waals surface area contributed by atoms with Gasteiger partial charge >= 0.3 is 88.7 Å². The van der Waals surface area contributed by atoms with Crippen molar-refractivity contribution in [2.75, 3.05) is 22.9 Å². The number of benzene rings is 6. The minimum absolute atomic E-state index is 0. The number of anilines is 3. The van der Waals surface area contributed by atoms with Crippen LogP contribution in [0.2, 0.25) is 0 Å². The van der Waals surface area contributed by atoms with E-state index in [0.717, 1.165) is 72.9 Å². The number of rotatable bonds is 16. The van der Waals surface area contributed by atoms with Gasteiger partial charge in [-0.1, -0.05) is 80.6 Å². The van der Waals surface area contributed by atoms with Gasteiger partial charge in [-0.15, -0.1) is 0 Å². The Morgan fingerprint density at radius 3 is 1.62 bits per heavy atom. The second-order valence-corrected chi connectivity index (χ2v) is 27.3. The SMILES string of the molecule is CC(CCN1/C(=C\C=C2\CCC(/C=C/C3=[N+](CCC(C)S(=O)(=O)O)c4ccc5cc(S(=O)(=O)O)ccc5c4C3(C)C)=C2N(c2ccccc2)c2ccccc2)C(C)(C)c2c1ccc1cc(S(=O)(=O)O)ccc21)S(=O)(=O)O.[NaH].[NaH].[NaH]. The van der Waals surface area contributed by atoms with E-state index in [1.54, 1.807) is 24.3 Å². The molecular weight excluding hydrogens is 1120 g/mol. The van der Waals surface area contributed by atoms with Gasteiger partial charge < -0.3 is 9.80 Å². The van der Waals surface area contributed by atoms with Crippen LogP contribution in [0.3, 0.4) is 0 Å². The van der Waals surface area contributed by atoms with E-state index in [1.165, 1.54) is 38.1 Å². The zero-order valence-corrected chi connectivity index (χ0v) is 46.0. The molecule has 0 spiro atoms. The molecule has 2 aliphatic heterocycles. The van der Waals surface area contributed by atoms with Crippen molar-refractivity contribution in [1.82, 2.24) is 0 Å². The molecular formula is C57H63N3Na3O12S4+. The molecule has 6 aromatic rings. The first-order valence-electron chi connectivity index (χ1n) is 24.8. The van der Waals surface area contributed by atoms with E-state index >= 15 is 0 Å². The predicted molar refractivity (Wildman–Crippen MR) is 320 cm³/mol. The monoisotopic (exact) mass is 1180 g/mol. The molecule has 6 aromatic carbocycles. The van der Waals surface area contributed by atoms with Crippen LogP contribution in [0.25, 0.3) is 21.5 Å². The molecule has 2 atom stereocenters. The van der Waals surface area contributed by atoms with E-state index in [9.17, 15) is 51.9 Å². The van der Waals surface area contributed by atoms with E-state index in [2.05, 4.69) is 66.4 Å². The zero-order valence-electron chi connectivity index (χ0n) is 42.8. The molecule has 0 amide bonds. The summed E-state index contributed by atoms with van der Waals surface area (Å²) in [5.74, 6) is 0. The van der Waals surface area contributed by atoms with Crippen LogP contribution in [0.4, 0.5) is 22.7 Å². The normalized spacial score (nSPS) is 17.9. The third-order valence-corrected chi connectivity index (χ3v) is 19.4. The van der Waals surface area contributed by atoms with Crippen molar-refractivity contribution in [2.24, 2.45) is 0 Å². The van der Waals surface area contributed by atoms with Crippen LogP contribution in [0.1, 0.15) is 78.4 Å². The van der Waals surface area contributed by atoms with Gasteiger partial charge in [0, 0.05) is 58.8 Å². The van der Waals surface area contributed by atoms with Gasteiger partial charge in [-0.2, -0.15) is 38.2 Å². The first-order chi connectivity index (χ1) is 35.6. The number of allylic oxidation sites excluding steroid dienone is 7. The third-order valence-electron chi connectivity index (χ3n) is 15.2. The summed E-state index contributed by atoms with van der Waals surface area (Å²) in [6, 6.07) is 36.1. The number of fused-ring (bicyclic) bond motifs is 6. The molecule has 0 radical (unpaired) electrons. The van der Waals surface area contributed by atoms with Gasteiger partial charge in [0.15, 0.2) is 12.3 Å². The van der Waals surface area contributed by atoms with Crippen LogP contribution < -0.4 is 9.80 Å². The molecule has 0 fully saturated rings. The van der Waals surface area contributed by atoms with E-state index in [1.807, 2.05) is 72.8 Å². The molecule has 0 saturated carbocycles. The predicted octanol–water partition coefficient (Wildman–Crippen LogP) is 9.30. The fourth-order valence-electron chi connectivity index (χ4n) is 11.1. The molecule has 2 unspecified atom stereocenters. The Morgan fingerprint density at radius 1 is 0.595 bits per heavy atom. The van der Waals surface area contributed by atoms with E-state index in [-0.39, 0.29) is 124 Å². The maximum absolute atomic E-state index is 12.3. The first-order valence-corrected chi connectivity index (χ1v) is 30.6. The average Bonchev–Trinajstić information content (AvgIpc) is 3.99. The summed E-state index contributed by atoms with van der Waals surface area (Å²) in [7, 11) is -17.7. The number of hydrogen-bond acceptors (Lipinski definition) is 10. The van der Waals surface area contributed by atoms with Crippen LogP contribution in [0.5, 0.6) is 0 Å². The van der Waals surface area contributed by atoms with Gasteiger partial charge in [-0.25, -0.2) is 0 Å². The Kier molecular flexibility index (Phi) is 20.1. The summed E-state index contributed by atoms with van der Waals surface area (Å²) >= 11 is 0. The average molecular weight is 1180 g/mol. The Labute approximate surface area is 530 Å². The topological polar surface area (TPSA) is 227 Å². The fraction of sp³-hybridized carbons (Fsp3) is 0.281. The van der Waals surface area contributed by atoms with Gasteiger partial charge in [-0.05, 0) is 152 Å². The van der Waals surface area contributed by atoms with Crippen molar-refractivity contribution >= 4 is 179 Å². The first kappa shape index (κ1) is 64.9. The van der Waals surface area contributed by atoms with Gasteiger partial charge in [0.1, 0.15) is 0 Å². The summed E-state index contributed by atoms with van der Waals surface area (Å²) in [5, 5.41) is 0.524. The third kappa shape index (κ3) is 13.1. The van der Waals surface area contributed by atoms with Crippen LogP contribution in [0, 0.1) is 0 Å². The Morgan fingerprint density at radius 2 is 1.10 bits per heavy atom. The fourth-order valence-corrected chi connectivity index (χ4v) is 12.9. The second-order valence-electron chi connectivity index (χ2n) is 20.8. The van der Waals surface area contributed by atoms with Crippen LogP contribution in [-0.4, -0.2) is 174 Å². The zero-order chi connectivity index (χ0) is 54.9. The summed E-state index contributed by atoms with van der Waals surface area (Å²) in [6.45, 7) is 11.5. The number of hydrogen-bond donors (Lipinski definition) is 4. The van der Waals surface area contributed by atoms with Crippen LogP contribution in [0.15, 0.2) is 178 Å². The number of para-hydroxylation sites is 2. The van der Waals surface area contributed by atoms with E-state index in [0.29, 0.717) is 23.6 Å². The quantitative estimate of drug-likeness (QED) is 0.0403. The molecule has 404 valence electrons. The molecule has 3 aliphatic rings. The molecule has 1 aliphatic carbocycles. The van der Waals surface area contributed by atoms with Crippen molar-refractivity contribution in [1.29, 1.82) is 0 Å². The molecule has 22 heteroatoms. The summed E-state index contributed by atoms with van der Waals surface area (Å²) in [4.78, 5) is 3.77. The molecule has 0 saturated heterocycles. The van der Waals surface area contributed by atoms with Crippen LogP contribution >= 0.6 is 0 Å². The Hall–Kier alpha value is -3.29. The summed E-state index contributed by atoms with van der Waals surface area (Å²) in [6.07, 6.45) is 9.65. The standard InChI is InChI=1S/C57H59N3O12S4.3Na.3H/c1-37(73(61,62)63)31-33-58-49-27-19-41-35-45(75(67,68)69)23-25-47(41)53(49)56(3,4)51(58)29-21-39-17-18-40(55(39)60(43-13-9-7-10-14-43)44-15-11-8-12-16-44)22-30-52-57(5,6)54-48-26-24-46(76(70,71)72)36-42(48)20-28-50(54)59(52)34-32-38(2)74(64,65)66;;;;;;/h7-16,19-30,35-38H,17-18,31-34H2,1-6H3,(H3-,61,62,63,64,65,66,67,68,69,70,71,72);;;;;;/p+1.